The Kier molecular flexibility index (Phi) is 5.84. The molecule has 0 saturated carbocycles. The number of hydrogen-bond acceptors (Lipinski definition) is 4. The molecule has 3 rings (SSSR count). The highest BCUT2D eigenvalue weighted by Crippen LogP contribution is 2.17. The van der Waals surface area contributed by atoms with Crippen molar-refractivity contribution in [2.75, 3.05) is 18.5 Å². The first-order valence-corrected chi connectivity index (χ1v) is 8.55. The van der Waals surface area contributed by atoms with E-state index in [1.165, 1.54) is 0 Å². The summed E-state index contributed by atoms with van der Waals surface area (Å²) in [7, 11) is 0. The number of nitrogens with zero attached hydrogens (tertiary/aromatic N) is 2. The van der Waals surface area contributed by atoms with Gasteiger partial charge in [-0.3, -0.25) is 9.59 Å². The number of carbonyl (C=O) groups is 2. The fourth-order valence-corrected chi connectivity index (χ4v) is 2.53. The van der Waals surface area contributed by atoms with E-state index in [1.54, 1.807) is 48.9 Å². The van der Waals surface area contributed by atoms with E-state index in [0.717, 1.165) is 5.69 Å². The number of amides is 2. The van der Waals surface area contributed by atoms with Crippen molar-refractivity contribution in [2.24, 2.45) is 0 Å². The first kappa shape index (κ1) is 18.2. The lowest BCUT2D eigenvalue weighted by atomic mass is 10.2. The lowest BCUT2D eigenvalue weighted by molar-refractivity contribution is -0.115. The van der Waals surface area contributed by atoms with Crippen molar-refractivity contribution in [2.45, 2.75) is 6.92 Å². The minimum absolute atomic E-state index is 0.136. The van der Waals surface area contributed by atoms with E-state index < -0.39 is 0 Å². The third kappa shape index (κ3) is 4.72. The number of aromatic nitrogens is 2. The van der Waals surface area contributed by atoms with Crippen LogP contribution in [0.1, 0.15) is 17.3 Å². The maximum Gasteiger partial charge on any atom is 0.255 e. The second-order valence-electron chi connectivity index (χ2n) is 5.68. The second-order valence-corrected chi connectivity index (χ2v) is 5.68. The summed E-state index contributed by atoms with van der Waals surface area (Å²) < 4.78 is 7.30. The summed E-state index contributed by atoms with van der Waals surface area (Å²) >= 11 is 0. The molecule has 138 valence electrons. The Morgan fingerprint density at radius 2 is 1.89 bits per heavy atom. The molecule has 1 aromatic heterocycles. The van der Waals surface area contributed by atoms with Crippen LogP contribution in [-0.2, 0) is 4.79 Å². The van der Waals surface area contributed by atoms with Crippen molar-refractivity contribution < 1.29 is 14.3 Å². The fourth-order valence-electron chi connectivity index (χ4n) is 2.53. The Morgan fingerprint density at radius 1 is 1.11 bits per heavy atom. The van der Waals surface area contributed by atoms with Gasteiger partial charge in [-0.1, -0.05) is 12.1 Å². The van der Waals surface area contributed by atoms with Crippen LogP contribution in [0, 0.1) is 0 Å². The molecular formula is C20H20N4O3. The molecule has 0 bridgehead atoms. The van der Waals surface area contributed by atoms with E-state index in [9.17, 15) is 9.59 Å². The highest BCUT2D eigenvalue weighted by atomic mass is 16.5. The first-order chi connectivity index (χ1) is 13.2. The number of anilines is 1. The topological polar surface area (TPSA) is 85.2 Å². The van der Waals surface area contributed by atoms with Crippen molar-refractivity contribution in [3.05, 3.63) is 72.8 Å². The Bertz CT molecular complexity index is 905. The van der Waals surface area contributed by atoms with Crippen LogP contribution in [0.2, 0.25) is 0 Å². The van der Waals surface area contributed by atoms with Gasteiger partial charge in [0.25, 0.3) is 5.91 Å². The average molecular weight is 364 g/mol. The van der Waals surface area contributed by atoms with Crippen LogP contribution in [0.25, 0.3) is 5.69 Å². The van der Waals surface area contributed by atoms with Crippen molar-refractivity contribution in [1.29, 1.82) is 0 Å². The Morgan fingerprint density at radius 3 is 2.59 bits per heavy atom. The molecule has 0 aliphatic carbocycles. The molecule has 0 aliphatic heterocycles. The number of hydrogen-bond donors (Lipinski definition) is 2. The molecule has 2 aromatic carbocycles. The summed E-state index contributed by atoms with van der Waals surface area (Å²) in [6, 6.07) is 14.2. The third-order valence-electron chi connectivity index (χ3n) is 3.79. The summed E-state index contributed by atoms with van der Waals surface area (Å²) in [5.74, 6) is -0.176. The van der Waals surface area contributed by atoms with E-state index >= 15 is 0 Å². The minimum atomic E-state index is -0.357. The number of ether oxygens (including phenoxy) is 1. The minimum Gasteiger partial charge on any atom is -0.493 e. The zero-order valence-corrected chi connectivity index (χ0v) is 14.9. The summed E-state index contributed by atoms with van der Waals surface area (Å²) in [6.07, 6.45) is 5.23. The van der Waals surface area contributed by atoms with Crippen LogP contribution in [0.3, 0.4) is 0 Å². The molecule has 0 atom stereocenters. The van der Waals surface area contributed by atoms with E-state index in [-0.39, 0.29) is 18.4 Å². The number of imidazole rings is 1. The molecule has 2 amide bonds. The van der Waals surface area contributed by atoms with Gasteiger partial charge < -0.3 is 19.9 Å². The maximum atomic E-state index is 12.3. The molecule has 0 unspecified atom stereocenters. The zero-order chi connectivity index (χ0) is 19.1. The average Bonchev–Trinajstić information content (AvgIpc) is 3.22. The second kappa shape index (κ2) is 8.66. The highest BCUT2D eigenvalue weighted by Gasteiger charge is 2.13. The largest absolute Gasteiger partial charge is 0.493 e. The number of rotatable bonds is 7. The number of para-hydroxylation sites is 1. The van der Waals surface area contributed by atoms with Crippen LogP contribution in [0.5, 0.6) is 5.75 Å². The van der Waals surface area contributed by atoms with Crippen LogP contribution in [0.4, 0.5) is 5.69 Å². The zero-order valence-electron chi connectivity index (χ0n) is 14.9. The molecule has 3 aromatic rings. The Labute approximate surface area is 157 Å². The van der Waals surface area contributed by atoms with E-state index in [0.29, 0.717) is 23.6 Å². The summed E-state index contributed by atoms with van der Waals surface area (Å²) in [4.78, 5) is 28.4. The van der Waals surface area contributed by atoms with Gasteiger partial charge in [0, 0.05) is 23.8 Å². The van der Waals surface area contributed by atoms with Crippen molar-refractivity contribution in [3.8, 4) is 11.4 Å². The summed E-state index contributed by atoms with van der Waals surface area (Å²) in [5.41, 5.74) is 1.98. The number of benzene rings is 2. The van der Waals surface area contributed by atoms with Gasteiger partial charge in [0.2, 0.25) is 5.91 Å². The molecule has 0 radical (unpaired) electrons. The van der Waals surface area contributed by atoms with Crippen molar-refractivity contribution in [1.82, 2.24) is 14.9 Å². The van der Waals surface area contributed by atoms with Gasteiger partial charge in [-0.15, -0.1) is 0 Å². The Hall–Kier alpha value is -3.61. The molecule has 27 heavy (non-hydrogen) atoms. The number of nitrogens with one attached hydrogen (secondary N) is 2. The Balaban J connectivity index is 1.54. The molecule has 0 fully saturated rings. The number of carbonyl (C=O) groups excluding carboxylic acids is 2. The van der Waals surface area contributed by atoms with Crippen LogP contribution >= 0.6 is 0 Å². The van der Waals surface area contributed by atoms with Gasteiger partial charge in [-0.2, -0.15) is 0 Å². The molecule has 7 nitrogen and oxygen atoms in total. The summed E-state index contributed by atoms with van der Waals surface area (Å²) in [5, 5.41) is 5.36. The molecule has 0 spiro atoms. The van der Waals surface area contributed by atoms with Crippen LogP contribution < -0.4 is 15.4 Å². The quantitative estimate of drug-likeness (QED) is 0.675. The van der Waals surface area contributed by atoms with Gasteiger partial charge >= 0.3 is 0 Å². The predicted molar refractivity (Wildman–Crippen MR) is 102 cm³/mol. The fraction of sp³-hybridized carbons (Fsp3) is 0.150. The van der Waals surface area contributed by atoms with Crippen LogP contribution in [-0.4, -0.2) is 34.5 Å². The van der Waals surface area contributed by atoms with Gasteiger partial charge in [0.15, 0.2) is 0 Å². The SMILES string of the molecule is CCOc1ccccc1C(=O)NCC(=O)Nc1ccc(-n2ccnc2)cc1. The van der Waals surface area contributed by atoms with E-state index in [1.807, 2.05) is 29.8 Å². The molecule has 2 N–H and O–H groups in total. The predicted octanol–water partition coefficient (Wildman–Crippen LogP) is 2.64. The van der Waals surface area contributed by atoms with E-state index in [4.69, 9.17) is 4.74 Å². The lowest BCUT2D eigenvalue weighted by Crippen LogP contribution is -2.33. The molecular weight excluding hydrogens is 344 g/mol. The molecule has 1 heterocycles. The van der Waals surface area contributed by atoms with Gasteiger partial charge in [-0.25, -0.2) is 4.98 Å². The molecule has 0 saturated heterocycles. The van der Waals surface area contributed by atoms with E-state index in [2.05, 4.69) is 15.6 Å². The molecule has 7 heteroatoms. The van der Waals surface area contributed by atoms with Gasteiger partial charge in [0.05, 0.1) is 25.0 Å². The highest BCUT2D eigenvalue weighted by molar-refractivity contribution is 6.00. The van der Waals surface area contributed by atoms with Gasteiger partial charge in [-0.05, 0) is 43.3 Å². The normalized spacial score (nSPS) is 10.3. The van der Waals surface area contributed by atoms with Crippen molar-refractivity contribution >= 4 is 17.5 Å². The third-order valence-corrected chi connectivity index (χ3v) is 3.79. The van der Waals surface area contributed by atoms with Gasteiger partial charge in [0.1, 0.15) is 5.75 Å². The van der Waals surface area contributed by atoms with Crippen molar-refractivity contribution in [3.63, 3.8) is 0 Å². The monoisotopic (exact) mass is 364 g/mol. The lowest BCUT2D eigenvalue weighted by Gasteiger charge is -2.11. The standard InChI is InChI=1S/C20H20N4O3/c1-2-27-18-6-4-3-5-17(18)20(26)22-13-19(25)23-15-7-9-16(10-8-15)24-12-11-21-14-24/h3-12,14H,2,13H2,1H3,(H,22,26)(H,23,25). The summed E-state index contributed by atoms with van der Waals surface area (Å²) in [6.45, 7) is 2.17. The van der Waals surface area contributed by atoms with Crippen LogP contribution in [0.15, 0.2) is 67.3 Å². The smallest absolute Gasteiger partial charge is 0.255 e. The maximum absolute atomic E-state index is 12.3. The molecule has 0 aliphatic rings. The first-order valence-electron chi connectivity index (χ1n) is 8.55.